The summed E-state index contributed by atoms with van der Waals surface area (Å²) in [5.41, 5.74) is 1.85. The van der Waals surface area contributed by atoms with Gasteiger partial charge in [-0.25, -0.2) is 0 Å². The minimum Gasteiger partial charge on any atom is -0.500 e. The van der Waals surface area contributed by atoms with Crippen LogP contribution in [-0.2, 0) is 4.79 Å². The van der Waals surface area contributed by atoms with E-state index in [1.807, 2.05) is 36.4 Å². The molecule has 0 fully saturated rings. The van der Waals surface area contributed by atoms with Crippen molar-refractivity contribution in [2.45, 2.75) is 6.92 Å². The highest BCUT2D eigenvalue weighted by molar-refractivity contribution is 6.37. The van der Waals surface area contributed by atoms with Crippen molar-refractivity contribution < 1.29 is 19.6 Å². The first-order valence-electron chi connectivity index (χ1n) is 9.89. The third-order valence-corrected chi connectivity index (χ3v) is 4.81. The third kappa shape index (κ3) is 3.93. The molecule has 3 aromatic rings. The first kappa shape index (κ1) is 20.8. The molecule has 4 rings (SSSR count). The third-order valence-electron chi connectivity index (χ3n) is 4.81. The van der Waals surface area contributed by atoms with Crippen molar-refractivity contribution in [1.29, 1.82) is 0 Å². The highest BCUT2D eigenvalue weighted by Gasteiger charge is 2.32. The molecule has 1 aliphatic rings. The van der Waals surface area contributed by atoms with Crippen molar-refractivity contribution in [1.82, 2.24) is 0 Å². The van der Waals surface area contributed by atoms with Crippen LogP contribution in [0.5, 0.6) is 11.5 Å². The van der Waals surface area contributed by atoms with Gasteiger partial charge in [-0.05, 0) is 36.8 Å². The summed E-state index contributed by atoms with van der Waals surface area (Å²) in [6.45, 7) is 1.91. The van der Waals surface area contributed by atoms with Crippen molar-refractivity contribution in [3.05, 3.63) is 99.6 Å². The lowest BCUT2D eigenvalue weighted by atomic mass is 10.00. The van der Waals surface area contributed by atoms with Crippen LogP contribution in [0.1, 0.15) is 18.1 Å². The molecule has 160 valence electrons. The number of amides is 1. The number of hydrogen-bond donors (Lipinski definition) is 1. The van der Waals surface area contributed by atoms with Gasteiger partial charge in [0.1, 0.15) is 5.71 Å². The van der Waals surface area contributed by atoms with Crippen LogP contribution in [0.3, 0.4) is 0 Å². The van der Waals surface area contributed by atoms with Crippen LogP contribution >= 0.6 is 0 Å². The first-order chi connectivity index (χ1) is 15.5. The van der Waals surface area contributed by atoms with Gasteiger partial charge in [-0.3, -0.25) is 14.9 Å². The van der Waals surface area contributed by atoms with Crippen molar-refractivity contribution in [3.63, 3.8) is 0 Å². The van der Waals surface area contributed by atoms with E-state index in [4.69, 9.17) is 4.74 Å². The fraction of sp³-hybridized carbons (Fsp3) is 0.0833. The zero-order chi connectivity index (χ0) is 22.7. The minimum absolute atomic E-state index is 0.0305. The number of nitro groups is 1. The average Bonchev–Trinajstić information content (AvgIpc) is 3.13. The molecule has 1 heterocycles. The molecule has 0 unspecified atom stereocenters. The number of rotatable bonds is 6. The van der Waals surface area contributed by atoms with E-state index in [1.54, 1.807) is 31.2 Å². The number of nitrogens with zero attached hydrogens (tertiary/aromatic N) is 3. The van der Waals surface area contributed by atoms with Gasteiger partial charge in [-0.1, -0.05) is 48.5 Å². The van der Waals surface area contributed by atoms with Crippen LogP contribution in [0.15, 0.2) is 83.5 Å². The number of hydrazone groups is 1. The van der Waals surface area contributed by atoms with E-state index in [0.717, 1.165) is 5.56 Å². The van der Waals surface area contributed by atoms with E-state index in [9.17, 15) is 20.0 Å². The molecule has 1 aliphatic heterocycles. The standard InChI is InChI=1S/C24H19N3O5/c1-2-32-21-15-16(14-20(23(21)28)27(30)31)13-19-22(17-9-5-3-6-10-17)25-26(24(19)29)18-11-7-4-8-12-18/h3-15,28H,2H2,1H3/b19-13-. The summed E-state index contributed by atoms with van der Waals surface area (Å²) in [4.78, 5) is 24.0. The van der Waals surface area contributed by atoms with E-state index in [0.29, 0.717) is 17.0 Å². The van der Waals surface area contributed by atoms with Gasteiger partial charge in [0.05, 0.1) is 22.8 Å². The molecule has 0 atom stereocenters. The Balaban J connectivity index is 1.86. The van der Waals surface area contributed by atoms with E-state index in [1.165, 1.54) is 23.2 Å². The van der Waals surface area contributed by atoms with Crippen LogP contribution in [0.25, 0.3) is 6.08 Å². The highest BCUT2D eigenvalue weighted by atomic mass is 16.6. The number of hydrogen-bond acceptors (Lipinski definition) is 6. The molecular weight excluding hydrogens is 410 g/mol. The second kappa shape index (κ2) is 8.73. The largest absolute Gasteiger partial charge is 0.500 e. The average molecular weight is 429 g/mol. The Kier molecular flexibility index (Phi) is 5.67. The van der Waals surface area contributed by atoms with Gasteiger partial charge in [0.25, 0.3) is 5.91 Å². The van der Waals surface area contributed by atoms with Gasteiger partial charge in [-0.2, -0.15) is 10.1 Å². The maximum absolute atomic E-state index is 13.3. The lowest BCUT2D eigenvalue weighted by Crippen LogP contribution is -2.21. The van der Waals surface area contributed by atoms with E-state index in [2.05, 4.69) is 5.10 Å². The normalized spacial score (nSPS) is 14.5. The first-order valence-corrected chi connectivity index (χ1v) is 9.89. The fourth-order valence-corrected chi connectivity index (χ4v) is 3.37. The van der Waals surface area contributed by atoms with E-state index >= 15 is 0 Å². The lowest BCUT2D eigenvalue weighted by molar-refractivity contribution is -0.386. The Hall–Kier alpha value is -4.46. The number of phenols is 1. The summed E-state index contributed by atoms with van der Waals surface area (Å²) in [7, 11) is 0. The van der Waals surface area contributed by atoms with Gasteiger partial charge in [0.15, 0.2) is 5.75 Å². The molecule has 8 heteroatoms. The van der Waals surface area contributed by atoms with Gasteiger partial charge in [0, 0.05) is 11.6 Å². The number of nitro benzene ring substituents is 1. The minimum atomic E-state index is -0.696. The number of phenolic OH excluding ortho intramolecular Hbond substituents is 1. The van der Waals surface area contributed by atoms with Crippen LogP contribution in [0.4, 0.5) is 11.4 Å². The fourth-order valence-electron chi connectivity index (χ4n) is 3.37. The second-order valence-electron chi connectivity index (χ2n) is 6.90. The molecule has 0 spiro atoms. The molecule has 1 N–H and O–H groups in total. The predicted octanol–water partition coefficient (Wildman–Crippen LogP) is 4.53. The molecule has 0 bridgehead atoms. The Morgan fingerprint density at radius 2 is 1.75 bits per heavy atom. The van der Waals surface area contributed by atoms with E-state index in [-0.39, 0.29) is 23.8 Å². The number of para-hydroxylation sites is 1. The summed E-state index contributed by atoms with van der Waals surface area (Å²) < 4.78 is 5.35. The predicted molar refractivity (Wildman–Crippen MR) is 121 cm³/mol. The zero-order valence-electron chi connectivity index (χ0n) is 17.1. The number of carbonyl (C=O) groups is 1. The Morgan fingerprint density at radius 3 is 2.38 bits per heavy atom. The molecule has 8 nitrogen and oxygen atoms in total. The maximum Gasteiger partial charge on any atom is 0.315 e. The molecule has 0 aromatic heterocycles. The van der Waals surface area contributed by atoms with Crippen LogP contribution in [0.2, 0.25) is 0 Å². The van der Waals surface area contributed by atoms with Gasteiger partial charge in [-0.15, -0.1) is 0 Å². The Bertz CT molecular complexity index is 1240. The second-order valence-corrected chi connectivity index (χ2v) is 6.90. The number of aromatic hydroxyl groups is 1. The molecule has 0 saturated carbocycles. The SMILES string of the molecule is CCOc1cc(/C=C2\C(=O)N(c3ccccc3)N=C2c2ccccc2)cc([N+](=O)[O-])c1O. The maximum atomic E-state index is 13.3. The van der Waals surface area contributed by atoms with Crippen molar-refractivity contribution in [2.24, 2.45) is 5.10 Å². The smallest absolute Gasteiger partial charge is 0.315 e. The Morgan fingerprint density at radius 1 is 1.09 bits per heavy atom. The molecule has 0 aliphatic carbocycles. The molecule has 3 aromatic carbocycles. The van der Waals surface area contributed by atoms with Crippen LogP contribution < -0.4 is 9.75 Å². The van der Waals surface area contributed by atoms with Crippen LogP contribution in [-0.4, -0.2) is 28.3 Å². The number of carbonyl (C=O) groups excluding carboxylic acids is 1. The zero-order valence-corrected chi connectivity index (χ0v) is 17.1. The molecule has 0 radical (unpaired) electrons. The highest BCUT2D eigenvalue weighted by Crippen LogP contribution is 2.38. The Labute approximate surface area is 183 Å². The summed E-state index contributed by atoms with van der Waals surface area (Å²) in [6.07, 6.45) is 1.52. The van der Waals surface area contributed by atoms with Crippen molar-refractivity contribution >= 4 is 29.1 Å². The number of benzene rings is 3. The number of anilines is 1. The summed E-state index contributed by atoms with van der Waals surface area (Å²) in [5, 5.41) is 27.4. The van der Waals surface area contributed by atoms with Crippen molar-refractivity contribution in [3.8, 4) is 11.5 Å². The lowest BCUT2D eigenvalue weighted by Gasteiger charge is -2.11. The molecular formula is C24H19N3O5. The van der Waals surface area contributed by atoms with Gasteiger partial charge >= 0.3 is 5.69 Å². The quantitative estimate of drug-likeness (QED) is 0.352. The summed E-state index contributed by atoms with van der Waals surface area (Å²) in [6, 6.07) is 20.8. The molecule has 1 amide bonds. The summed E-state index contributed by atoms with van der Waals surface area (Å²) in [5.74, 6) is -0.958. The van der Waals surface area contributed by atoms with Crippen LogP contribution in [0, 0.1) is 10.1 Å². The monoisotopic (exact) mass is 429 g/mol. The van der Waals surface area contributed by atoms with Gasteiger partial charge < -0.3 is 9.84 Å². The van der Waals surface area contributed by atoms with Gasteiger partial charge in [0.2, 0.25) is 5.75 Å². The molecule has 32 heavy (non-hydrogen) atoms. The number of ether oxygens (including phenoxy) is 1. The molecule has 0 saturated heterocycles. The van der Waals surface area contributed by atoms with Crippen molar-refractivity contribution in [2.75, 3.05) is 11.6 Å². The topological polar surface area (TPSA) is 105 Å². The van der Waals surface area contributed by atoms with E-state index < -0.39 is 16.4 Å². The summed E-state index contributed by atoms with van der Waals surface area (Å²) >= 11 is 0.